The average Bonchev–Trinajstić information content (AvgIpc) is 2.57. The molecule has 0 saturated heterocycles. The van der Waals surface area contributed by atoms with E-state index < -0.39 is 31.1 Å². The first kappa shape index (κ1) is 20.0. The van der Waals surface area contributed by atoms with Crippen LogP contribution in [0.2, 0.25) is 0 Å². The van der Waals surface area contributed by atoms with E-state index in [1.165, 1.54) is 6.92 Å². The standard InChI is InChI=1S/C16H25BN2O5/c1-4-11(2)14(17(22)23)19-15(20)12(3)18-16(21)24-10-13-8-6-5-7-9-13/h5-9,11-12,14,22-23H,4,10H2,1-3H3,(H,18,21)(H,19,20)/t11-,12-,14-/m0/s1. The van der Waals surface area contributed by atoms with Gasteiger partial charge in [0.15, 0.2) is 0 Å². The zero-order chi connectivity index (χ0) is 18.1. The van der Waals surface area contributed by atoms with Crippen molar-refractivity contribution >= 4 is 19.1 Å². The first-order chi connectivity index (χ1) is 11.3. The molecule has 0 spiro atoms. The minimum atomic E-state index is -1.67. The molecule has 1 rings (SSSR count). The molecule has 0 saturated carbocycles. The van der Waals surface area contributed by atoms with Crippen LogP contribution in [0.15, 0.2) is 30.3 Å². The van der Waals surface area contributed by atoms with Gasteiger partial charge in [-0.25, -0.2) is 4.79 Å². The van der Waals surface area contributed by atoms with Crippen LogP contribution >= 0.6 is 0 Å². The molecule has 7 nitrogen and oxygen atoms in total. The SMILES string of the molecule is CC[C@H](C)[C@H](NC(=O)[C@H](C)NC(=O)OCc1ccccc1)B(O)O. The molecule has 0 aliphatic carbocycles. The topological polar surface area (TPSA) is 108 Å². The third kappa shape index (κ3) is 6.60. The van der Waals surface area contributed by atoms with Gasteiger partial charge in [-0.2, -0.15) is 0 Å². The second kappa shape index (κ2) is 9.94. The summed E-state index contributed by atoms with van der Waals surface area (Å²) in [6.45, 7) is 5.29. The second-order valence-electron chi connectivity index (χ2n) is 5.76. The molecule has 4 N–H and O–H groups in total. The minimum absolute atomic E-state index is 0.103. The highest BCUT2D eigenvalue weighted by atomic mass is 16.5. The molecule has 0 aromatic heterocycles. The lowest BCUT2D eigenvalue weighted by Gasteiger charge is -2.25. The van der Waals surface area contributed by atoms with Gasteiger partial charge in [-0.1, -0.05) is 50.6 Å². The van der Waals surface area contributed by atoms with E-state index in [0.29, 0.717) is 6.42 Å². The summed E-state index contributed by atoms with van der Waals surface area (Å²) < 4.78 is 5.04. The fourth-order valence-electron chi connectivity index (χ4n) is 2.06. The summed E-state index contributed by atoms with van der Waals surface area (Å²) in [4.78, 5) is 23.8. The van der Waals surface area contributed by atoms with Gasteiger partial charge in [0.05, 0.1) is 5.94 Å². The Labute approximate surface area is 142 Å². The summed E-state index contributed by atoms with van der Waals surface area (Å²) in [6.07, 6.45) is -0.0464. The number of hydrogen-bond acceptors (Lipinski definition) is 5. The molecule has 8 heteroatoms. The van der Waals surface area contributed by atoms with Gasteiger partial charge in [0.1, 0.15) is 12.6 Å². The zero-order valence-electron chi connectivity index (χ0n) is 14.2. The molecule has 0 aliphatic rings. The van der Waals surface area contributed by atoms with E-state index in [2.05, 4.69) is 10.6 Å². The van der Waals surface area contributed by atoms with Crippen LogP contribution < -0.4 is 10.6 Å². The summed E-state index contributed by atoms with van der Waals surface area (Å²) in [5.41, 5.74) is 0.838. The number of ether oxygens (including phenoxy) is 1. The first-order valence-electron chi connectivity index (χ1n) is 7.98. The maximum Gasteiger partial charge on any atom is 0.475 e. The summed E-state index contributed by atoms with van der Waals surface area (Å²) in [5.74, 6) is -1.43. The number of alkyl carbamates (subject to hydrolysis) is 1. The maximum atomic E-state index is 12.1. The number of amides is 2. The molecule has 1 aromatic carbocycles. The van der Waals surface area contributed by atoms with E-state index >= 15 is 0 Å². The predicted molar refractivity (Wildman–Crippen MR) is 90.8 cm³/mol. The number of benzene rings is 1. The monoisotopic (exact) mass is 336 g/mol. The fraction of sp³-hybridized carbons (Fsp3) is 0.500. The molecule has 0 radical (unpaired) electrons. The summed E-state index contributed by atoms with van der Waals surface area (Å²) in [6, 6.07) is 8.31. The Morgan fingerprint density at radius 1 is 1.17 bits per heavy atom. The Kier molecular flexibility index (Phi) is 8.28. The zero-order valence-corrected chi connectivity index (χ0v) is 14.2. The van der Waals surface area contributed by atoms with Crippen LogP contribution in [0.4, 0.5) is 4.79 Å². The summed E-state index contributed by atoms with van der Waals surface area (Å²) in [5, 5.41) is 23.7. The molecule has 2 amide bonds. The number of hydrogen-bond donors (Lipinski definition) is 4. The Bertz CT molecular complexity index is 526. The van der Waals surface area contributed by atoms with Crippen LogP contribution in [0.1, 0.15) is 32.8 Å². The predicted octanol–water partition coefficient (Wildman–Crippen LogP) is 0.844. The highest BCUT2D eigenvalue weighted by molar-refractivity contribution is 6.43. The third-order valence-electron chi connectivity index (χ3n) is 3.83. The van der Waals surface area contributed by atoms with Crippen molar-refractivity contribution in [3.63, 3.8) is 0 Å². The lowest BCUT2D eigenvalue weighted by atomic mass is 9.71. The van der Waals surface area contributed by atoms with E-state index in [-0.39, 0.29) is 12.5 Å². The largest absolute Gasteiger partial charge is 0.475 e. The summed E-state index contributed by atoms with van der Waals surface area (Å²) in [7, 11) is -1.67. The van der Waals surface area contributed by atoms with E-state index in [9.17, 15) is 19.6 Å². The van der Waals surface area contributed by atoms with E-state index in [1.54, 1.807) is 6.92 Å². The van der Waals surface area contributed by atoms with Gasteiger partial charge in [-0.15, -0.1) is 0 Å². The van der Waals surface area contributed by atoms with Crippen molar-refractivity contribution < 1.29 is 24.4 Å². The van der Waals surface area contributed by atoms with Crippen molar-refractivity contribution in [2.75, 3.05) is 0 Å². The number of rotatable bonds is 8. The average molecular weight is 336 g/mol. The Morgan fingerprint density at radius 2 is 1.79 bits per heavy atom. The molecule has 1 aromatic rings. The Morgan fingerprint density at radius 3 is 2.33 bits per heavy atom. The molecule has 0 fully saturated rings. The van der Waals surface area contributed by atoms with Crippen molar-refractivity contribution in [1.82, 2.24) is 10.6 Å². The molecular weight excluding hydrogens is 311 g/mol. The lowest BCUT2D eigenvalue weighted by molar-refractivity contribution is -0.123. The maximum absolute atomic E-state index is 12.1. The fourth-order valence-corrected chi connectivity index (χ4v) is 2.06. The molecule has 0 heterocycles. The minimum Gasteiger partial charge on any atom is -0.445 e. The molecule has 0 aliphatic heterocycles. The van der Waals surface area contributed by atoms with Crippen LogP contribution in [0.3, 0.4) is 0 Å². The Balaban J connectivity index is 2.46. The van der Waals surface area contributed by atoms with E-state index in [1.807, 2.05) is 37.3 Å². The summed E-state index contributed by atoms with van der Waals surface area (Å²) >= 11 is 0. The van der Waals surface area contributed by atoms with E-state index in [0.717, 1.165) is 5.56 Å². The molecule has 24 heavy (non-hydrogen) atoms. The van der Waals surface area contributed by atoms with Gasteiger partial charge in [0.2, 0.25) is 5.91 Å². The van der Waals surface area contributed by atoms with E-state index in [4.69, 9.17) is 4.74 Å². The molecule has 132 valence electrons. The van der Waals surface area contributed by atoms with Crippen molar-refractivity contribution in [3.05, 3.63) is 35.9 Å². The molecule has 0 unspecified atom stereocenters. The van der Waals surface area contributed by atoms with Crippen LogP contribution in [-0.4, -0.2) is 41.1 Å². The van der Waals surface area contributed by atoms with Crippen LogP contribution in [0.5, 0.6) is 0 Å². The van der Waals surface area contributed by atoms with Crippen LogP contribution in [0.25, 0.3) is 0 Å². The van der Waals surface area contributed by atoms with Crippen molar-refractivity contribution in [2.45, 2.75) is 45.8 Å². The molecular formula is C16H25BN2O5. The highest BCUT2D eigenvalue weighted by Crippen LogP contribution is 2.09. The van der Waals surface area contributed by atoms with Gasteiger partial charge in [-0.3, -0.25) is 4.79 Å². The van der Waals surface area contributed by atoms with Crippen molar-refractivity contribution in [3.8, 4) is 0 Å². The normalized spacial score (nSPS) is 14.2. The quantitative estimate of drug-likeness (QED) is 0.526. The number of nitrogens with one attached hydrogen (secondary N) is 2. The first-order valence-corrected chi connectivity index (χ1v) is 7.98. The van der Waals surface area contributed by atoms with Crippen molar-refractivity contribution in [2.24, 2.45) is 5.92 Å². The third-order valence-corrected chi connectivity index (χ3v) is 3.83. The van der Waals surface area contributed by atoms with Gasteiger partial charge in [-0.05, 0) is 18.4 Å². The van der Waals surface area contributed by atoms with Gasteiger partial charge < -0.3 is 25.4 Å². The van der Waals surface area contributed by atoms with Crippen molar-refractivity contribution in [1.29, 1.82) is 0 Å². The highest BCUT2D eigenvalue weighted by Gasteiger charge is 2.31. The number of carbonyl (C=O) groups excluding carboxylic acids is 2. The lowest BCUT2D eigenvalue weighted by Crippen LogP contribution is -2.55. The number of carbonyl (C=O) groups is 2. The van der Waals surface area contributed by atoms with Gasteiger partial charge >= 0.3 is 13.2 Å². The Hall–Kier alpha value is -2.06. The molecule has 3 atom stereocenters. The smallest absolute Gasteiger partial charge is 0.445 e. The van der Waals surface area contributed by atoms with Crippen LogP contribution in [0, 0.1) is 5.92 Å². The van der Waals surface area contributed by atoms with Gasteiger partial charge in [0, 0.05) is 0 Å². The van der Waals surface area contributed by atoms with Crippen LogP contribution in [-0.2, 0) is 16.1 Å². The van der Waals surface area contributed by atoms with Gasteiger partial charge in [0.25, 0.3) is 0 Å². The molecule has 0 bridgehead atoms. The second-order valence-corrected chi connectivity index (χ2v) is 5.76.